The van der Waals surface area contributed by atoms with Crippen LogP contribution < -0.4 is 0 Å². The Hall–Kier alpha value is 0.743. The van der Waals surface area contributed by atoms with E-state index < -0.39 is 0 Å². The van der Waals surface area contributed by atoms with Crippen LogP contribution in [0.25, 0.3) is 5.32 Å². The summed E-state index contributed by atoms with van der Waals surface area (Å²) in [5, 5.41) is 4.51. The van der Waals surface area contributed by atoms with E-state index in [1.54, 1.807) is 0 Å². The summed E-state index contributed by atoms with van der Waals surface area (Å²) in [5.41, 5.74) is 1.28. The maximum atomic E-state index is 4.51. The van der Waals surface area contributed by atoms with Crippen molar-refractivity contribution in [3.8, 4) is 0 Å². The van der Waals surface area contributed by atoms with Crippen molar-refractivity contribution >= 4 is 24.8 Å². The SMILES string of the molecule is CC(C)(C)[N-]C1=CC=CC1.Cl.Cl.[Zr]. The van der Waals surface area contributed by atoms with Gasteiger partial charge < -0.3 is 5.32 Å². The molecule has 0 spiro atoms. The zero-order chi connectivity index (χ0) is 7.61. The van der Waals surface area contributed by atoms with Crippen LogP contribution in [0.1, 0.15) is 27.2 Å². The van der Waals surface area contributed by atoms with E-state index >= 15 is 0 Å². The summed E-state index contributed by atoms with van der Waals surface area (Å²) in [6, 6.07) is 0. The van der Waals surface area contributed by atoms with Gasteiger partial charge in [0.1, 0.15) is 0 Å². The number of nitrogens with zero attached hydrogens (tertiary/aromatic N) is 1. The molecule has 1 aliphatic rings. The van der Waals surface area contributed by atoms with Crippen molar-refractivity contribution in [1.82, 2.24) is 0 Å². The van der Waals surface area contributed by atoms with E-state index in [9.17, 15) is 0 Å². The van der Waals surface area contributed by atoms with E-state index in [1.165, 1.54) is 5.70 Å². The Morgan fingerprint density at radius 2 is 1.77 bits per heavy atom. The largest absolute Gasteiger partial charge is 0.683 e. The Balaban J connectivity index is -0.000000333. The molecule has 0 unspecified atom stereocenters. The minimum absolute atomic E-state index is 0. The third kappa shape index (κ3) is 9.06. The summed E-state index contributed by atoms with van der Waals surface area (Å²) < 4.78 is 0. The van der Waals surface area contributed by atoms with Crippen LogP contribution in [0, 0.1) is 0 Å². The molecular weight excluding hydrogens is 284 g/mol. The normalized spacial score (nSPS) is 13.3. The first-order valence-electron chi connectivity index (χ1n) is 3.66. The van der Waals surface area contributed by atoms with E-state index in [-0.39, 0.29) is 56.6 Å². The average molecular weight is 300 g/mol. The van der Waals surface area contributed by atoms with Crippen LogP contribution in [-0.4, -0.2) is 5.54 Å². The molecule has 76 valence electrons. The molecule has 0 amide bonds. The quantitative estimate of drug-likeness (QED) is 0.698. The molecule has 0 aromatic heterocycles. The maximum Gasteiger partial charge on any atom is 0 e. The molecule has 0 N–H and O–H groups in total. The fraction of sp³-hybridized carbons (Fsp3) is 0.556. The molecule has 0 atom stereocenters. The van der Waals surface area contributed by atoms with Crippen LogP contribution in [0.15, 0.2) is 23.9 Å². The molecule has 0 aliphatic heterocycles. The molecule has 0 fully saturated rings. The third-order valence-corrected chi connectivity index (χ3v) is 1.23. The van der Waals surface area contributed by atoms with Gasteiger partial charge in [-0.25, -0.2) is 0 Å². The van der Waals surface area contributed by atoms with Gasteiger partial charge in [-0.3, -0.25) is 0 Å². The van der Waals surface area contributed by atoms with E-state index in [2.05, 4.69) is 44.3 Å². The minimum Gasteiger partial charge on any atom is -0.683 e. The second kappa shape index (κ2) is 8.08. The van der Waals surface area contributed by atoms with Crippen molar-refractivity contribution in [2.45, 2.75) is 32.7 Å². The molecule has 0 radical (unpaired) electrons. The van der Waals surface area contributed by atoms with Gasteiger partial charge in [0.05, 0.1) is 0 Å². The van der Waals surface area contributed by atoms with Gasteiger partial charge in [-0.05, 0) is 6.42 Å². The maximum absolute atomic E-state index is 4.51. The first-order valence-corrected chi connectivity index (χ1v) is 3.66. The molecule has 0 bridgehead atoms. The summed E-state index contributed by atoms with van der Waals surface area (Å²) in [6.45, 7) is 6.35. The fourth-order valence-electron chi connectivity index (χ4n) is 0.950. The van der Waals surface area contributed by atoms with Gasteiger partial charge in [0.15, 0.2) is 0 Å². The predicted octanol–water partition coefficient (Wildman–Crippen LogP) is 3.84. The van der Waals surface area contributed by atoms with Crippen LogP contribution in [0.4, 0.5) is 0 Å². The van der Waals surface area contributed by atoms with Crippen molar-refractivity contribution in [2.75, 3.05) is 0 Å². The van der Waals surface area contributed by atoms with Gasteiger partial charge in [0, 0.05) is 26.2 Å². The number of allylic oxidation sites excluding steroid dienone is 3. The van der Waals surface area contributed by atoms with E-state index in [0.29, 0.717) is 0 Å². The zero-order valence-electron chi connectivity index (χ0n) is 8.20. The molecule has 4 heteroatoms. The summed E-state index contributed by atoms with van der Waals surface area (Å²) in [4.78, 5) is 0. The average Bonchev–Trinajstić information content (AvgIpc) is 2.12. The molecule has 0 heterocycles. The smallest absolute Gasteiger partial charge is 0 e. The summed E-state index contributed by atoms with van der Waals surface area (Å²) in [6.07, 6.45) is 7.28. The standard InChI is InChI=1S/C9H14N.2ClH.Zr/c1-9(2,3)10-8-6-4-5-7-8;;;/h4-6H,7H2,1-3H3;2*1H;/q-1;;;. The van der Waals surface area contributed by atoms with Crippen molar-refractivity contribution in [1.29, 1.82) is 0 Å². The van der Waals surface area contributed by atoms with E-state index in [4.69, 9.17) is 0 Å². The predicted molar refractivity (Wildman–Crippen MR) is 59.4 cm³/mol. The molecule has 0 saturated carbocycles. The summed E-state index contributed by atoms with van der Waals surface area (Å²) >= 11 is 0. The van der Waals surface area contributed by atoms with Crippen LogP contribution in [0.5, 0.6) is 0 Å². The Morgan fingerprint density at radius 3 is 2.08 bits per heavy atom. The van der Waals surface area contributed by atoms with Crippen molar-refractivity contribution in [3.05, 3.63) is 29.2 Å². The molecule has 0 aromatic rings. The zero-order valence-corrected chi connectivity index (χ0v) is 12.3. The van der Waals surface area contributed by atoms with Crippen LogP contribution >= 0.6 is 24.8 Å². The number of rotatable bonds is 1. The molecular formula is C9H16Cl2NZr-. The van der Waals surface area contributed by atoms with Crippen LogP contribution in [0.3, 0.4) is 0 Å². The van der Waals surface area contributed by atoms with E-state index in [0.717, 1.165) is 6.42 Å². The second-order valence-corrected chi connectivity index (χ2v) is 3.57. The summed E-state index contributed by atoms with van der Waals surface area (Å²) in [5.74, 6) is 0. The first-order chi connectivity index (χ1) is 4.58. The Bertz CT molecular complexity index is 183. The van der Waals surface area contributed by atoms with Gasteiger partial charge in [-0.2, -0.15) is 5.70 Å². The van der Waals surface area contributed by atoms with Gasteiger partial charge in [0.25, 0.3) is 0 Å². The van der Waals surface area contributed by atoms with E-state index in [1.807, 2.05) is 0 Å². The molecule has 0 saturated heterocycles. The Labute approximate surface area is 112 Å². The van der Waals surface area contributed by atoms with Crippen molar-refractivity contribution in [3.63, 3.8) is 0 Å². The first kappa shape index (κ1) is 19.3. The molecule has 13 heavy (non-hydrogen) atoms. The topological polar surface area (TPSA) is 14.1 Å². The minimum atomic E-state index is 0. The van der Waals surface area contributed by atoms with Crippen molar-refractivity contribution < 1.29 is 26.2 Å². The summed E-state index contributed by atoms with van der Waals surface area (Å²) in [7, 11) is 0. The Kier molecular flexibility index (Phi) is 12.0. The van der Waals surface area contributed by atoms with Crippen LogP contribution in [0.2, 0.25) is 0 Å². The number of halogens is 2. The van der Waals surface area contributed by atoms with Gasteiger partial charge in [-0.15, -0.1) is 30.4 Å². The molecule has 1 nitrogen and oxygen atoms in total. The molecule has 1 rings (SSSR count). The van der Waals surface area contributed by atoms with Gasteiger partial charge >= 0.3 is 0 Å². The fourth-order valence-corrected chi connectivity index (χ4v) is 0.950. The molecule has 0 aromatic carbocycles. The molecule has 1 aliphatic carbocycles. The van der Waals surface area contributed by atoms with Crippen LogP contribution in [-0.2, 0) is 26.2 Å². The monoisotopic (exact) mass is 298 g/mol. The number of hydrogen-bond donors (Lipinski definition) is 0. The van der Waals surface area contributed by atoms with Crippen molar-refractivity contribution in [2.24, 2.45) is 0 Å². The Morgan fingerprint density at radius 1 is 1.23 bits per heavy atom. The second-order valence-electron chi connectivity index (χ2n) is 3.57. The van der Waals surface area contributed by atoms with Gasteiger partial charge in [-0.1, -0.05) is 39.0 Å². The number of hydrogen-bond acceptors (Lipinski definition) is 0. The third-order valence-electron chi connectivity index (χ3n) is 1.23. The van der Waals surface area contributed by atoms with Gasteiger partial charge in [0.2, 0.25) is 0 Å².